The number of aryl methyl sites for hydroxylation is 2. The van der Waals surface area contributed by atoms with Crippen LogP contribution in [0, 0.1) is 19.8 Å². The Bertz CT molecular complexity index is 410. The molecule has 1 aromatic rings. The number of rotatable bonds is 1. The molecular formula is C13H18BrNOS. The summed E-state index contributed by atoms with van der Waals surface area (Å²) < 4.78 is 0. The van der Waals surface area contributed by atoms with E-state index < -0.39 is 0 Å². The van der Waals surface area contributed by atoms with Gasteiger partial charge in [0.05, 0.1) is 4.88 Å². The highest BCUT2D eigenvalue weighted by Crippen LogP contribution is 2.27. The second-order valence-corrected chi connectivity index (χ2v) is 7.32. The van der Waals surface area contributed by atoms with E-state index in [4.69, 9.17) is 0 Å². The molecule has 2 unspecified atom stereocenters. The maximum Gasteiger partial charge on any atom is 0.263 e. The predicted octanol–water partition coefficient (Wildman–Crippen LogP) is 3.61. The van der Waals surface area contributed by atoms with Crippen molar-refractivity contribution in [1.82, 2.24) is 4.90 Å². The first-order valence-electron chi connectivity index (χ1n) is 5.99. The van der Waals surface area contributed by atoms with Crippen LogP contribution in [0.15, 0.2) is 6.07 Å². The summed E-state index contributed by atoms with van der Waals surface area (Å²) in [5, 5.41) is 0. The monoisotopic (exact) mass is 315 g/mol. The SMILES string of the molecule is Cc1cc(C(=O)N2CCC(C)C(Br)C2)sc1C. The Balaban J connectivity index is 2.10. The van der Waals surface area contributed by atoms with Gasteiger partial charge in [-0.05, 0) is 37.8 Å². The molecule has 2 atom stereocenters. The minimum atomic E-state index is 0.197. The van der Waals surface area contributed by atoms with E-state index in [9.17, 15) is 4.79 Å². The quantitative estimate of drug-likeness (QED) is 0.725. The maximum absolute atomic E-state index is 12.3. The van der Waals surface area contributed by atoms with Gasteiger partial charge in [0, 0.05) is 22.8 Å². The van der Waals surface area contributed by atoms with Crippen molar-refractivity contribution in [1.29, 1.82) is 0 Å². The van der Waals surface area contributed by atoms with Crippen LogP contribution in [0.3, 0.4) is 0 Å². The molecule has 2 rings (SSSR count). The lowest BCUT2D eigenvalue weighted by Gasteiger charge is -2.34. The first kappa shape index (κ1) is 13.1. The van der Waals surface area contributed by atoms with E-state index >= 15 is 0 Å². The van der Waals surface area contributed by atoms with Crippen LogP contribution in [0.4, 0.5) is 0 Å². The molecule has 0 spiro atoms. The number of alkyl halides is 1. The standard InChI is InChI=1S/C13H18BrNOS/c1-8-4-5-15(7-11(8)14)13(16)12-6-9(2)10(3)17-12/h6,8,11H,4-5,7H2,1-3H3. The van der Waals surface area contributed by atoms with Crippen LogP contribution >= 0.6 is 27.3 Å². The van der Waals surface area contributed by atoms with E-state index in [1.807, 2.05) is 11.0 Å². The van der Waals surface area contributed by atoms with Crippen molar-refractivity contribution in [2.45, 2.75) is 32.0 Å². The number of nitrogens with zero attached hydrogens (tertiary/aromatic N) is 1. The van der Waals surface area contributed by atoms with Gasteiger partial charge in [-0.3, -0.25) is 4.79 Å². The maximum atomic E-state index is 12.3. The van der Waals surface area contributed by atoms with Gasteiger partial charge in [0.2, 0.25) is 0 Å². The van der Waals surface area contributed by atoms with Gasteiger partial charge in [-0.2, -0.15) is 0 Å². The van der Waals surface area contributed by atoms with E-state index in [1.54, 1.807) is 11.3 Å². The molecule has 1 saturated heterocycles. The highest BCUT2D eigenvalue weighted by atomic mass is 79.9. The van der Waals surface area contributed by atoms with Crippen molar-refractivity contribution >= 4 is 33.2 Å². The Kier molecular flexibility index (Phi) is 3.93. The minimum absolute atomic E-state index is 0.197. The molecule has 0 radical (unpaired) electrons. The fraction of sp³-hybridized carbons (Fsp3) is 0.615. The number of carbonyl (C=O) groups is 1. The van der Waals surface area contributed by atoms with Gasteiger partial charge in [0.25, 0.3) is 5.91 Å². The number of halogens is 1. The second kappa shape index (κ2) is 5.11. The third kappa shape index (κ3) is 2.74. The van der Waals surface area contributed by atoms with Crippen molar-refractivity contribution < 1.29 is 4.79 Å². The van der Waals surface area contributed by atoms with Crippen LogP contribution in [0.2, 0.25) is 0 Å². The van der Waals surface area contributed by atoms with E-state index in [2.05, 4.69) is 36.7 Å². The smallest absolute Gasteiger partial charge is 0.263 e. The number of hydrogen-bond donors (Lipinski definition) is 0. The molecule has 4 heteroatoms. The van der Waals surface area contributed by atoms with Crippen molar-refractivity contribution in [3.8, 4) is 0 Å². The lowest BCUT2D eigenvalue weighted by Crippen LogP contribution is -2.43. The zero-order chi connectivity index (χ0) is 12.6. The number of hydrogen-bond acceptors (Lipinski definition) is 2. The van der Waals surface area contributed by atoms with E-state index in [0.29, 0.717) is 10.7 Å². The number of thiophene rings is 1. The van der Waals surface area contributed by atoms with E-state index in [-0.39, 0.29) is 5.91 Å². The van der Waals surface area contributed by atoms with E-state index in [0.717, 1.165) is 24.4 Å². The molecule has 0 aromatic carbocycles. The first-order valence-corrected chi connectivity index (χ1v) is 7.72. The van der Waals surface area contributed by atoms with Crippen molar-refractivity contribution in [3.05, 3.63) is 21.4 Å². The molecule has 2 heterocycles. The Morgan fingerprint density at radius 2 is 2.24 bits per heavy atom. The summed E-state index contributed by atoms with van der Waals surface area (Å²) in [5.41, 5.74) is 1.22. The van der Waals surface area contributed by atoms with Crippen molar-refractivity contribution in [2.75, 3.05) is 13.1 Å². The zero-order valence-electron chi connectivity index (χ0n) is 10.5. The molecule has 1 aromatic heterocycles. The normalized spacial score (nSPS) is 25.1. The third-order valence-corrected chi connectivity index (χ3v) is 5.86. The summed E-state index contributed by atoms with van der Waals surface area (Å²) in [7, 11) is 0. The predicted molar refractivity (Wildman–Crippen MR) is 76.2 cm³/mol. The fourth-order valence-corrected chi connectivity index (χ4v) is 3.66. The molecule has 2 nitrogen and oxygen atoms in total. The fourth-order valence-electron chi connectivity index (χ4n) is 2.04. The van der Waals surface area contributed by atoms with Gasteiger partial charge in [0.15, 0.2) is 0 Å². The Hall–Kier alpha value is -0.350. The van der Waals surface area contributed by atoms with Gasteiger partial charge in [-0.25, -0.2) is 0 Å². The lowest BCUT2D eigenvalue weighted by molar-refractivity contribution is 0.0711. The lowest BCUT2D eigenvalue weighted by atomic mass is 9.99. The van der Waals surface area contributed by atoms with Crippen LogP contribution in [0.5, 0.6) is 0 Å². The number of carbonyl (C=O) groups excluding carboxylic acids is 1. The summed E-state index contributed by atoms with van der Waals surface area (Å²) in [5.74, 6) is 0.855. The highest BCUT2D eigenvalue weighted by molar-refractivity contribution is 9.09. The Morgan fingerprint density at radius 3 is 2.76 bits per heavy atom. The first-order chi connectivity index (χ1) is 7.99. The van der Waals surface area contributed by atoms with Gasteiger partial charge in [-0.15, -0.1) is 11.3 Å². The van der Waals surface area contributed by atoms with E-state index in [1.165, 1.54) is 10.4 Å². The van der Waals surface area contributed by atoms with Gasteiger partial charge >= 0.3 is 0 Å². The third-order valence-electron chi connectivity index (χ3n) is 3.53. The topological polar surface area (TPSA) is 20.3 Å². The van der Waals surface area contributed by atoms with Gasteiger partial charge < -0.3 is 4.90 Å². The molecule has 1 aliphatic heterocycles. The summed E-state index contributed by atoms with van der Waals surface area (Å²) >= 11 is 5.28. The average Bonchev–Trinajstić information content (AvgIpc) is 2.62. The second-order valence-electron chi connectivity index (χ2n) is 4.88. The molecule has 1 aliphatic rings. The summed E-state index contributed by atoms with van der Waals surface area (Å²) in [6.07, 6.45) is 1.09. The molecule has 1 fully saturated rings. The van der Waals surface area contributed by atoms with Crippen LogP contribution in [-0.2, 0) is 0 Å². The summed E-state index contributed by atoms with van der Waals surface area (Å²) in [6, 6.07) is 2.02. The van der Waals surface area contributed by atoms with Crippen molar-refractivity contribution in [2.24, 2.45) is 5.92 Å². The molecule has 0 bridgehead atoms. The Morgan fingerprint density at radius 1 is 1.53 bits per heavy atom. The molecular weight excluding hydrogens is 298 g/mol. The van der Waals surface area contributed by atoms with Gasteiger partial charge in [-0.1, -0.05) is 22.9 Å². The average molecular weight is 316 g/mol. The van der Waals surface area contributed by atoms with Crippen molar-refractivity contribution in [3.63, 3.8) is 0 Å². The van der Waals surface area contributed by atoms with Gasteiger partial charge in [0.1, 0.15) is 0 Å². The largest absolute Gasteiger partial charge is 0.337 e. The summed E-state index contributed by atoms with van der Waals surface area (Å²) in [4.78, 5) is 16.9. The van der Waals surface area contributed by atoms with Crippen LogP contribution in [-0.4, -0.2) is 28.7 Å². The number of likely N-dealkylation sites (tertiary alicyclic amines) is 1. The molecule has 94 valence electrons. The molecule has 0 aliphatic carbocycles. The minimum Gasteiger partial charge on any atom is -0.337 e. The summed E-state index contributed by atoms with van der Waals surface area (Å²) in [6.45, 7) is 8.09. The highest BCUT2D eigenvalue weighted by Gasteiger charge is 2.28. The molecule has 1 amide bonds. The number of amides is 1. The Labute approximate surface area is 115 Å². The van der Waals surface area contributed by atoms with Crippen LogP contribution in [0.1, 0.15) is 33.5 Å². The zero-order valence-corrected chi connectivity index (χ0v) is 12.9. The molecule has 0 N–H and O–H groups in total. The molecule has 0 saturated carbocycles. The van der Waals surface area contributed by atoms with Crippen LogP contribution < -0.4 is 0 Å². The number of piperidine rings is 1. The molecule has 17 heavy (non-hydrogen) atoms. The van der Waals surface area contributed by atoms with Crippen LogP contribution in [0.25, 0.3) is 0 Å².